The molecule has 0 saturated heterocycles. The van der Waals surface area contributed by atoms with Crippen LogP contribution in [0.1, 0.15) is 5.48 Å². The normalized spacial score (nSPS) is 13.7. The van der Waals surface area contributed by atoms with Crippen LogP contribution >= 0.6 is 0 Å². The van der Waals surface area contributed by atoms with E-state index in [0.717, 1.165) is 44.2 Å². The Labute approximate surface area is 214 Å². The summed E-state index contributed by atoms with van der Waals surface area (Å²) in [4.78, 5) is 0. The molecule has 1 aliphatic heterocycles. The summed E-state index contributed by atoms with van der Waals surface area (Å²) in [5.41, 5.74) is 6.60. The second-order valence-electron chi connectivity index (χ2n) is 9.07. The lowest BCUT2D eigenvalue weighted by molar-refractivity contribution is 0.487. The summed E-state index contributed by atoms with van der Waals surface area (Å²) in [5.74, 6) is 0.763. The van der Waals surface area contributed by atoms with Gasteiger partial charge in [-0.3, -0.25) is 0 Å². The summed E-state index contributed by atoms with van der Waals surface area (Å²) in [6, 6.07) is 34.4. The van der Waals surface area contributed by atoms with Gasteiger partial charge in [-0.05, 0) is 58.5 Å². The van der Waals surface area contributed by atoms with Gasteiger partial charge in [-0.15, -0.1) is 0 Å². The molecule has 36 heavy (non-hydrogen) atoms. The Morgan fingerprint density at radius 3 is 2.31 bits per heavy atom. The van der Waals surface area contributed by atoms with E-state index in [1.807, 2.05) is 30.3 Å². The van der Waals surface area contributed by atoms with Gasteiger partial charge in [-0.2, -0.15) is 0 Å². The number of hydrogen-bond donors (Lipinski definition) is 0. The lowest BCUT2D eigenvalue weighted by Gasteiger charge is -2.22. The molecule has 0 radical (unpaired) electrons. The molecule has 1 aromatic heterocycles. The van der Waals surface area contributed by atoms with Crippen molar-refractivity contribution in [3.63, 3.8) is 0 Å². The quantitative estimate of drug-likeness (QED) is 0.249. The van der Waals surface area contributed by atoms with Gasteiger partial charge >= 0.3 is 0 Å². The number of benzene rings is 6. The Kier molecular flexibility index (Phi) is 3.25. The smallest absolute Gasteiger partial charge is 0.135 e. The van der Waals surface area contributed by atoms with E-state index in [4.69, 9.17) is 10.2 Å². The number of para-hydroxylation sites is 3. The van der Waals surface area contributed by atoms with Crippen molar-refractivity contribution in [1.29, 1.82) is 0 Å². The summed E-state index contributed by atoms with van der Waals surface area (Å²) >= 11 is 0. The van der Waals surface area contributed by atoms with Gasteiger partial charge in [0.25, 0.3) is 0 Å². The second-order valence-corrected chi connectivity index (χ2v) is 9.07. The predicted molar refractivity (Wildman–Crippen MR) is 149 cm³/mol. The molecule has 8 rings (SSSR count). The van der Waals surface area contributed by atoms with Gasteiger partial charge in [0.2, 0.25) is 0 Å². The fraction of sp³-hybridized carbons (Fsp3) is 0. The number of hydrogen-bond acceptors (Lipinski definition) is 1. The lowest BCUT2D eigenvalue weighted by atomic mass is 9.90. The highest BCUT2D eigenvalue weighted by atomic mass is 16.5. The molecule has 2 nitrogen and oxygen atoms in total. The molecule has 2 heteroatoms. The summed E-state index contributed by atoms with van der Waals surface area (Å²) in [6.45, 7) is 0. The van der Waals surface area contributed by atoms with E-state index >= 15 is 0 Å². The Morgan fingerprint density at radius 1 is 0.556 bits per heavy atom. The molecule has 1 aliphatic rings. The topological polar surface area (TPSA) is 14.2 Å². The molecule has 0 atom stereocenters. The van der Waals surface area contributed by atoms with Crippen molar-refractivity contribution in [1.82, 2.24) is 4.57 Å². The molecular weight excluding hydrogens is 438 g/mol. The van der Waals surface area contributed by atoms with Crippen LogP contribution in [0.15, 0.2) is 127 Å². The molecule has 0 N–H and O–H groups in total. The molecule has 2 heterocycles. The van der Waals surface area contributed by atoms with Gasteiger partial charge in [-0.1, -0.05) is 90.9 Å². The summed E-state index contributed by atoms with van der Waals surface area (Å²) < 4.78 is 41.8. The monoisotopic (exact) mass is 463 g/mol. The Hall–Kier alpha value is -4.82. The number of aromatic nitrogens is 1. The fourth-order valence-electron chi connectivity index (χ4n) is 5.59. The van der Waals surface area contributed by atoms with E-state index < -0.39 is 0 Å². The van der Waals surface area contributed by atoms with Gasteiger partial charge in [0.05, 0.1) is 16.5 Å². The van der Waals surface area contributed by atoms with Gasteiger partial charge in [0.1, 0.15) is 11.5 Å². The van der Waals surface area contributed by atoms with Crippen LogP contribution in [0.4, 0.5) is 0 Å². The van der Waals surface area contributed by atoms with Gasteiger partial charge in [0, 0.05) is 27.4 Å². The first-order valence-corrected chi connectivity index (χ1v) is 12.0. The van der Waals surface area contributed by atoms with E-state index in [0.29, 0.717) is 11.3 Å². The molecule has 6 aromatic carbocycles. The third kappa shape index (κ3) is 2.67. The average Bonchev–Trinajstić information content (AvgIpc) is 3.33. The van der Waals surface area contributed by atoms with Gasteiger partial charge in [0.15, 0.2) is 0 Å². The Balaban J connectivity index is 1.41. The summed E-state index contributed by atoms with van der Waals surface area (Å²) in [6.07, 6.45) is 0. The SMILES string of the molecule is [2H]c1c([2H])c([2H])c2c(c1[2H])Oc1ccc(-c3ccc4c5ccccc5n(-c5ccccc5)c4c3)c3cccc-2c13. The van der Waals surface area contributed by atoms with E-state index in [1.54, 1.807) is 0 Å². The van der Waals surface area contributed by atoms with Crippen LogP contribution in [0.25, 0.3) is 60.5 Å². The number of ether oxygens (including phenoxy) is 1. The zero-order chi connectivity index (χ0) is 27.1. The van der Waals surface area contributed by atoms with Crippen LogP contribution in [-0.4, -0.2) is 4.57 Å². The molecule has 168 valence electrons. The first-order chi connectivity index (χ1) is 19.5. The van der Waals surface area contributed by atoms with Crippen molar-refractivity contribution in [3.05, 3.63) is 127 Å². The minimum atomic E-state index is -0.293. The van der Waals surface area contributed by atoms with Crippen LogP contribution in [0.2, 0.25) is 0 Å². The molecule has 0 bridgehead atoms. The van der Waals surface area contributed by atoms with E-state index in [1.165, 1.54) is 10.8 Å². The zero-order valence-corrected chi connectivity index (χ0v) is 19.2. The molecule has 0 spiro atoms. The maximum atomic E-state index is 8.61. The number of rotatable bonds is 2. The molecule has 0 saturated carbocycles. The van der Waals surface area contributed by atoms with Crippen molar-refractivity contribution >= 4 is 32.6 Å². The largest absolute Gasteiger partial charge is 0.456 e. The highest BCUT2D eigenvalue weighted by molar-refractivity contribution is 6.13. The number of nitrogens with zero attached hydrogens (tertiary/aromatic N) is 1. The Morgan fingerprint density at radius 2 is 1.36 bits per heavy atom. The van der Waals surface area contributed by atoms with Crippen LogP contribution in [-0.2, 0) is 0 Å². The third-order valence-corrected chi connectivity index (χ3v) is 7.14. The highest BCUT2D eigenvalue weighted by Crippen LogP contribution is 2.48. The molecule has 0 fully saturated rings. The van der Waals surface area contributed by atoms with Crippen molar-refractivity contribution in [2.45, 2.75) is 0 Å². The standard InChI is InChI=1S/C34H21NO/c1-2-9-23(10-3-1)35-30-15-6-4-11-25(30)26-18-17-22(21-31(26)35)24-19-20-33-34-28(24)13-8-14-29(34)27-12-5-7-16-32(27)36-33/h1-21H/i5D,7D,12D,16D. The first-order valence-electron chi connectivity index (χ1n) is 14.0. The zero-order valence-electron chi connectivity index (χ0n) is 23.2. The van der Waals surface area contributed by atoms with E-state index in [2.05, 4.69) is 77.4 Å². The van der Waals surface area contributed by atoms with Crippen LogP contribution in [0.5, 0.6) is 11.5 Å². The highest BCUT2D eigenvalue weighted by Gasteiger charge is 2.21. The molecule has 0 unspecified atom stereocenters. The van der Waals surface area contributed by atoms with Crippen LogP contribution in [0, 0.1) is 0 Å². The van der Waals surface area contributed by atoms with E-state index in [-0.39, 0.29) is 29.9 Å². The average molecular weight is 464 g/mol. The van der Waals surface area contributed by atoms with Crippen molar-refractivity contribution in [3.8, 4) is 39.4 Å². The van der Waals surface area contributed by atoms with Crippen molar-refractivity contribution in [2.75, 3.05) is 0 Å². The molecule has 7 aromatic rings. The van der Waals surface area contributed by atoms with Crippen molar-refractivity contribution in [2.24, 2.45) is 0 Å². The Bertz CT molecular complexity index is 2180. The molecule has 0 aliphatic carbocycles. The lowest BCUT2D eigenvalue weighted by Crippen LogP contribution is -1.97. The maximum absolute atomic E-state index is 8.61. The second kappa shape index (κ2) is 7.34. The first kappa shape index (κ1) is 16.0. The van der Waals surface area contributed by atoms with Crippen LogP contribution < -0.4 is 4.74 Å². The van der Waals surface area contributed by atoms with Crippen molar-refractivity contribution < 1.29 is 10.2 Å². The fourth-order valence-corrected chi connectivity index (χ4v) is 5.59. The summed E-state index contributed by atoms with van der Waals surface area (Å²) in [7, 11) is 0. The predicted octanol–water partition coefficient (Wildman–Crippen LogP) is 9.38. The number of fused-ring (bicyclic) bond motifs is 5. The minimum absolute atomic E-state index is 0.0895. The third-order valence-electron chi connectivity index (χ3n) is 7.14. The minimum Gasteiger partial charge on any atom is -0.456 e. The van der Waals surface area contributed by atoms with Crippen LogP contribution in [0.3, 0.4) is 0 Å². The molecular formula is C34H21NO. The van der Waals surface area contributed by atoms with E-state index in [9.17, 15) is 0 Å². The van der Waals surface area contributed by atoms with Gasteiger partial charge in [-0.25, -0.2) is 0 Å². The molecule has 0 amide bonds. The maximum Gasteiger partial charge on any atom is 0.135 e. The summed E-state index contributed by atoms with van der Waals surface area (Å²) in [5, 5.41) is 4.19. The van der Waals surface area contributed by atoms with Gasteiger partial charge < -0.3 is 9.30 Å².